The molecule has 0 aliphatic rings. The minimum atomic E-state index is -0.381. The Hall–Kier alpha value is -1.88. The number of carbonyl (C=O) groups is 2. The lowest BCUT2D eigenvalue weighted by Gasteiger charge is -2.08. The van der Waals surface area contributed by atoms with Crippen LogP contribution < -0.4 is 11.1 Å². The van der Waals surface area contributed by atoms with E-state index in [9.17, 15) is 9.59 Å². The lowest BCUT2D eigenvalue weighted by atomic mass is 10.1. The van der Waals surface area contributed by atoms with E-state index < -0.39 is 0 Å². The molecule has 18 heavy (non-hydrogen) atoms. The molecule has 0 unspecified atom stereocenters. The molecule has 0 atom stereocenters. The van der Waals surface area contributed by atoms with Crippen LogP contribution in [0.15, 0.2) is 18.2 Å². The van der Waals surface area contributed by atoms with E-state index in [-0.39, 0.29) is 11.9 Å². The maximum Gasteiger partial charge on any atom is 0.338 e. The number of anilines is 1. The van der Waals surface area contributed by atoms with E-state index in [2.05, 4.69) is 10.1 Å². The summed E-state index contributed by atoms with van der Waals surface area (Å²) in [7, 11) is 1.34. The van der Waals surface area contributed by atoms with Crippen molar-refractivity contribution in [3.8, 4) is 0 Å². The first-order valence-corrected chi connectivity index (χ1v) is 5.77. The Morgan fingerprint density at radius 1 is 1.39 bits per heavy atom. The number of ether oxygens (including phenoxy) is 1. The molecule has 0 aliphatic carbocycles. The maximum absolute atomic E-state index is 11.5. The second-order valence-corrected chi connectivity index (χ2v) is 3.96. The zero-order chi connectivity index (χ0) is 13.5. The molecule has 0 aromatic heterocycles. The van der Waals surface area contributed by atoms with Gasteiger partial charge in [0.05, 0.1) is 12.7 Å². The number of nitrogens with one attached hydrogen (secondary N) is 1. The van der Waals surface area contributed by atoms with Crippen molar-refractivity contribution in [2.45, 2.75) is 19.8 Å². The van der Waals surface area contributed by atoms with E-state index in [0.717, 1.165) is 5.56 Å². The smallest absolute Gasteiger partial charge is 0.338 e. The van der Waals surface area contributed by atoms with Gasteiger partial charge in [0.1, 0.15) is 0 Å². The largest absolute Gasteiger partial charge is 0.465 e. The average molecular weight is 250 g/mol. The Balaban J connectivity index is 2.72. The van der Waals surface area contributed by atoms with Gasteiger partial charge in [-0.25, -0.2) is 4.79 Å². The van der Waals surface area contributed by atoms with Crippen LogP contribution in [0.3, 0.4) is 0 Å². The van der Waals surface area contributed by atoms with Crippen molar-refractivity contribution in [2.24, 2.45) is 5.73 Å². The van der Waals surface area contributed by atoms with Crippen molar-refractivity contribution in [3.63, 3.8) is 0 Å². The maximum atomic E-state index is 11.5. The second kappa shape index (κ2) is 6.76. The number of benzene rings is 1. The summed E-state index contributed by atoms with van der Waals surface area (Å²) in [6.45, 7) is 2.29. The van der Waals surface area contributed by atoms with Gasteiger partial charge in [0.2, 0.25) is 5.91 Å². The number of amides is 1. The molecule has 1 rings (SSSR count). The number of esters is 1. The van der Waals surface area contributed by atoms with Gasteiger partial charge in [-0.3, -0.25) is 4.79 Å². The minimum absolute atomic E-state index is 0.0781. The van der Waals surface area contributed by atoms with Gasteiger partial charge < -0.3 is 15.8 Å². The number of methoxy groups -OCH3 is 1. The summed E-state index contributed by atoms with van der Waals surface area (Å²) in [5.74, 6) is -0.459. The van der Waals surface area contributed by atoms with Crippen LogP contribution in [0.1, 0.15) is 28.8 Å². The Kier molecular flexibility index (Phi) is 5.32. The van der Waals surface area contributed by atoms with Gasteiger partial charge in [0, 0.05) is 12.1 Å². The Bertz CT molecular complexity index is 444. The summed E-state index contributed by atoms with van der Waals surface area (Å²) in [6, 6.07) is 5.06. The van der Waals surface area contributed by atoms with Crippen LogP contribution in [-0.4, -0.2) is 25.5 Å². The van der Waals surface area contributed by atoms with Crippen molar-refractivity contribution in [2.75, 3.05) is 19.0 Å². The highest BCUT2D eigenvalue weighted by molar-refractivity contribution is 5.94. The van der Waals surface area contributed by atoms with Crippen LogP contribution in [0.25, 0.3) is 0 Å². The molecule has 1 aromatic rings. The van der Waals surface area contributed by atoms with E-state index in [1.54, 1.807) is 25.1 Å². The van der Waals surface area contributed by atoms with Gasteiger partial charge in [0.25, 0.3) is 0 Å². The molecule has 0 saturated heterocycles. The summed E-state index contributed by atoms with van der Waals surface area (Å²) in [6.07, 6.45) is 1.05. The zero-order valence-corrected chi connectivity index (χ0v) is 10.7. The quantitative estimate of drug-likeness (QED) is 0.775. The molecule has 5 heteroatoms. The number of hydrogen-bond donors (Lipinski definition) is 2. The van der Waals surface area contributed by atoms with Crippen LogP contribution in [0.5, 0.6) is 0 Å². The molecule has 0 radical (unpaired) electrons. The Labute approximate surface area is 106 Å². The summed E-state index contributed by atoms with van der Waals surface area (Å²) >= 11 is 0. The lowest BCUT2D eigenvalue weighted by Crippen LogP contribution is -2.14. The highest BCUT2D eigenvalue weighted by Crippen LogP contribution is 2.16. The van der Waals surface area contributed by atoms with E-state index in [4.69, 9.17) is 5.73 Å². The van der Waals surface area contributed by atoms with E-state index >= 15 is 0 Å². The number of rotatable bonds is 5. The molecule has 0 heterocycles. The van der Waals surface area contributed by atoms with Gasteiger partial charge in [-0.1, -0.05) is 0 Å². The van der Waals surface area contributed by atoms with Crippen molar-refractivity contribution in [3.05, 3.63) is 29.3 Å². The first kappa shape index (κ1) is 14.2. The molecular weight excluding hydrogens is 232 g/mol. The fourth-order valence-corrected chi connectivity index (χ4v) is 1.57. The van der Waals surface area contributed by atoms with Crippen LogP contribution in [0.2, 0.25) is 0 Å². The van der Waals surface area contributed by atoms with Crippen LogP contribution >= 0.6 is 0 Å². The third kappa shape index (κ3) is 3.85. The molecule has 1 amide bonds. The van der Waals surface area contributed by atoms with Gasteiger partial charge in [0.15, 0.2) is 0 Å². The number of carbonyl (C=O) groups excluding carboxylic acids is 2. The van der Waals surface area contributed by atoms with E-state index in [0.29, 0.717) is 30.6 Å². The normalized spacial score (nSPS) is 9.94. The first-order valence-electron chi connectivity index (χ1n) is 5.77. The number of nitrogens with two attached hydrogens (primary N) is 1. The molecule has 0 saturated carbocycles. The Morgan fingerprint density at radius 3 is 2.67 bits per heavy atom. The molecule has 0 spiro atoms. The monoisotopic (exact) mass is 250 g/mol. The SMILES string of the molecule is COC(=O)c1ccc(NC(=O)CCCN)cc1C. The van der Waals surface area contributed by atoms with E-state index in [1.807, 2.05) is 0 Å². The van der Waals surface area contributed by atoms with Gasteiger partial charge in [-0.15, -0.1) is 0 Å². The topological polar surface area (TPSA) is 81.4 Å². The minimum Gasteiger partial charge on any atom is -0.465 e. The second-order valence-electron chi connectivity index (χ2n) is 3.96. The lowest BCUT2D eigenvalue weighted by molar-refractivity contribution is -0.116. The number of hydrogen-bond acceptors (Lipinski definition) is 4. The highest BCUT2D eigenvalue weighted by atomic mass is 16.5. The standard InChI is InChI=1S/C13H18N2O3/c1-9-8-10(15-12(16)4-3-7-14)5-6-11(9)13(17)18-2/h5-6,8H,3-4,7,14H2,1-2H3,(H,15,16). The molecule has 0 fully saturated rings. The van der Waals surface area contributed by atoms with Crippen molar-refractivity contribution < 1.29 is 14.3 Å². The first-order chi connectivity index (χ1) is 8.58. The average Bonchev–Trinajstić information content (AvgIpc) is 2.35. The molecule has 1 aromatic carbocycles. The summed E-state index contributed by atoms with van der Waals surface area (Å²) in [5.41, 5.74) is 7.26. The fraction of sp³-hybridized carbons (Fsp3) is 0.385. The third-order valence-corrected chi connectivity index (χ3v) is 2.52. The predicted octanol–water partition coefficient (Wildman–Crippen LogP) is 1.46. The Morgan fingerprint density at radius 2 is 2.11 bits per heavy atom. The molecule has 0 bridgehead atoms. The van der Waals surface area contributed by atoms with Crippen LogP contribution in [0.4, 0.5) is 5.69 Å². The third-order valence-electron chi connectivity index (χ3n) is 2.52. The predicted molar refractivity (Wildman–Crippen MR) is 69.4 cm³/mol. The van der Waals surface area contributed by atoms with Gasteiger partial charge in [-0.2, -0.15) is 0 Å². The fourth-order valence-electron chi connectivity index (χ4n) is 1.57. The molecule has 98 valence electrons. The molecule has 3 N–H and O–H groups in total. The van der Waals surface area contributed by atoms with Crippen LogP contribution in [-0.2, 0) is 9.53 Å². The van der Waals surface area contributed by atoms with Crippen molar-refractivity contribution in [1.29, 1.82) is 0 Å². The molecule has 5 nitrogen and oxygen atoms in total. The van der Waals surface area contributed by atoms with Crippen molar-refractivity contribution >= 4 is 17.6 Å². The zero-order valence-electron chi connectivity index (χ0n) is 10.7. The van der Waals surface area contributed by atoms with Gasteiger partial charge in [-0.05, 0) is 43.7 Å². The summed E-state index contributed by atoms with van der Waals surface area (Å²) < 4.78 is 4.65. The number of aryl methyl sites for hydroxylation is 1. The molecule has 0 aliphatic heterocycles. The summed E-state index contributed by atoms with van der Waals surface area (Å²) in [4.78, 5) is 22.9. The summed E-state index contributed by atoms with van der Waals surface area (Å²) in [5, 5.41) is 2.76. The highest BCUT2D eigenvalue weighted by Gasteiger charge is 2.10. The molecular formula is C13H18N2O3. The van der Waals surface area contributed by atoms with Crippen LogP contribution in [0, 0.1) is 6.92 Å². The van der Waals surface area contributed by atoms with E-state index in [1.165, 1.54) is 7.11 Å². The van der Waals surface area contributed by atoms with Gasteiger partial charge >= 0.3 is 5.97 Å². The van der Waals surface area contributed by atoms with Crippen molar-refractivity contribution in [1.82, 2.24) is 0 Å².